The van der Waals surface area contributed by atoms with Crippen LogP contribution < -0.4 is 0 Å². The summed E-state index contributed by atoms with van der Waals surface area (Å²) in [6.45, 7) is 5.26. The van der Waals surface area contributed by atoms with E-state index in [1.165, 1.54) is 0 Å². The molecule has 0 aliphatic carbocycles. The van der Waals surface area contributed by atoms with E-state index in [1.807, 2.05) is 0 Å². The Hall–Kier alpha value is -3.15. The Labute approximate surface area is 189 Å². The topological polar surface area (TPSA) is 101 Å². The second kappa shape index (κ2) is 10.9. The zero-order valence-corrected chi connectivity index (χ0v) is 18.9. The van der Waals surface area contributed by atoms with E-state index in [9.17, 15) is 19.5 Å². The smallest absolute Gasteiger partial charge is 0.319 e. The molecular formula is C26H32O6. The van der Waals surface area contributed by atoms with Gasteiger partial charge in [0.15, 0.2) is 0 Å². The van der Waals surface area contributed by atoms with Gasteiger partial charge in [0.1, 0.15) is 11.0 Å². The average molecular weight is 441 g/mol. The van der Waals surface area contributed by atoms with Crippen LogP contribution in [0.4, 0.5) is 0 Å². The Morgan fingerprint density at radius 1 is 0.812 bits per heavy atom. The number of carboxylic acid groups (broad SMARTS) is 2. The summed E-state index contributed by atoms with van der Waals surface area (Å²) >= 11 is 0. The first kappa shape index (κ1) is 25.1. The third kappa shape index (κ3) is 6.19. The molecule has 0 spiro atoms. The minimum Gasteiger partial charge on any atom is -0.481 e. The predicted octanol–water partition coefficient (Wildman–Crippen LogP) is 5.05. The largest absolute Gasteiger partial charge is 0.481 e. The molecule has 2 aromatic carbocycles. The first-order valence-corrected chi connectivity index (χ1v) is 10.9. The Bertz CT molecular complexity index is 859. The number of carbonyl (C=O) groups excluding carboxylic acids is 1. The number of hydrogen-bond acceptors (Lipinski definition) is 4. The molecule has 1 atom stereocenters. The Morgan fingerprint density at radius 3 is 1.72 bits per heavy atom. The van der Waals surface area contributed by atoms with Crippen LogP contribution in [0, 0.1) is 5.92 Å². The molecular weight excluding hydrogens is 408 g/mol. The fraction of sp³-hybridized carbons (Fsp3) is 0.423. The molecule has 2 aromatic rings. The maximum absolute atomic E-state index is 13.4. The molecule has 2 rings (SSSR count). The van der Waals surface area contributed by atoms with Crippen molar-refractivity contribution in [2.45, 2.75) is 63.9 Å². The second-order valence-electron chi connectivity index (χ2n) is 8.92. The van der Waals surface area contributed by atoms with Gasteiger partial charge in [0.2, 0.25) is 0 Å². The van der Waals surface area contributed by atoms with Crippen molar-refractivity contribution < 1.29 is 29.3 Å². The van der Waals surface area contributed by atoms with Crippen molar-refractivity contribution in [3.8, 4) is 0 Å². The fourth-order valence-corrected chi connectivity index (χ4v) is 4.05. The summed E-state index contributed by atoms with van der Waals surface area (Å²) in [4.78, 5) is 37.3. The SMILES string of the molecule is CC(C)(C)OC(=O)C(CCCCCC(=O)O)C(C(=O)O)(c1ccccc1)c1ccccc1. The molecule has 0 radical (unpaired) electrons. The third-order valence-corrected chi connectivity index (χ3v) is 5.39. The zero-order valence-electron chi connectivity index (χ0n) is 18.9. The third-order valence-electron chi connectivity index (χ3n) is 5.39. The van der Waals surface area contributed by atoms with Crippen LogP contribution in [0.1, 0.15) is 64.0 Å². The molecule has 0 heterocycles. The minimum atomic E-state index is -1.64. The van der Waals surface area contributed by atoms with Gasteiger partial charge >= 0.3 is 17.9 Å². The highest BCUT2D eigenvalue weighted by atomic mass is 16.6. The summed E-state index contributed by atoms with van der Waals surface area (Å²) in [6.07, 6.45) is 1.84. The monoisotopic (exact) mass is 440 g/mol. The highest BCUT2D eigenvalue weighted by Gasteiger charge is 2.53. The van der Waals surface area contributed by atoms with Gasteiger partial charge in [-0.1, -0.05) is 73.5 Å². The van der Waals surface area contributed by atoms with E-state index >= 15 is 0 Å². The number of benzene rings is 2. The summed E-state index contributed by atoms with van der Waals surface area (Å²) in [5, 5.41) is 19.5. The van der Waals surface area contributed by atoms with Crippen LogP contribution in [0.3, 0.4) is 0 Å². The Kier molecular flexibility index (Phi) is 8.58. The number of hydrogen-bond donors (Lipinski definition) is 2. The number of aliphatic carboxylic acids is 2. The lowest BCUT2D eigenvalue weighted by molar-refractivity contribution is -0.167. The van der Waals surface area contributed by atoms with Gasteiger partial charge < -0.3 is 14.9 Å². The molecule has 0 aromatic heterocycles. The number of carboxylic acids is 2. The van der Waals surface area contributed by atoms with Gasteiger partial charge in [-0.2, -0.15) is 0 Å². The maximum Gasteiger partial charge on any atom is 0.319 e. The van der Waals surface area contributed by atoms with Crippen LogP contribution in [-0.4, -0.2) is 33.7 Å². The molecule has 32 heavy (non-hydrogen) atoms. The lowest BCUT2D eigenvalue weighted by Crippen LogP contribution is -2.49. The van der Waals surface area contributed by atoms with Crippen LogP contribution >= 0.6 is 0 Å². The van der Waals surface area contributed by atoms with E-state index in [4.69, 9.17) is 9.84 Å². The Balaban J connectivity index is 2.58. The van der Waals surface area contributed by atoms with Gasteiger partial charge in [-0.15, -0.1) is 0 Å². The molecule has 172 valence electrons. The summed E-state index contributed by atoms with van der Waals surface area (Å²) in [5.74, 6) is -3.57. The van der Waals surface area contributed by atoms with Crippen molar-refractivity contribution >= 4 is 17.9 Å². The highest BCUT2D eigenvalue weighted by Crippen LogP contribution is 2.43. The van der Waals surface area contributed by atoms with Crippen molar-refractivity contribution in [3.63, 3.8) is 0 Å². The van der Waals surface area contributed by atoms with E-state index < -0.39 is 34.8 Å². The zero-order chi connectivity index (χ0) is 23.8. The Morgan fingerprint density at radius 2 is 1.31 bits per heavy atom. The van der Waals surface area contributed by atoms with E-state index in [2.05, 4.69) is 0 Å². The molecule has 2 N–H and O–H groups in total. The van der Waals surface area contributed by atoms with Crippen molar-refractivity contribution in [2.24, 2.45) is 5.92 Å². The lowest BCUT2D eigenvalue weighted by atomic mass is 9.64. The van der Waals surface area contributed by atoms with E-state index in [1.54, 1.807) is 81.4 Å². The molecule has 0 amide bonds. The molecule has 0 aliphatic heterocycles. The van der Waals surface area contributed by atoms with Gasteiger partial charge in [-0.3, -0.25) is 14.4 Å². The van der Waals surface area contributed by atoms with Gasteiger partial charge in [-0.25, -0.2) is 0 Å². The summed E-state index contributed by atoms with van der Waals surface area (Å²) in [7, 11) is 0. The fourth-order valence-electron chi connectivity index (χ4n) is 4.05. The normalized spacial score (nSPS) is 12.7. The number of rotatable bonds is 11. The summed E-state index contributed by atoms with van der Waals surface area (Å²) in [5.41, 5.74) is -1.42. The molecule has 0 saturated heterocycles. The number of esters is 1. The van der Waals surface area contributed by atoms with Crippen LogP contribution in [0.25, 0.3) is 0 Å². The van der Waals surface area contributed by atoms with Gasteiger partial charge in [0, 0.05) is 6.42 Å². The predicted molar refractivity (Wildman–Crippen MR) is 121 cm³/mol. The second-order valence-corrected chi connectivity index (χ2v) is 8.92. The quantitative estimate of drug-likeness (QED) is 0.375. The number of unbranched alkanes of at least 4 members (excludes halogenated alkanes) is 2. The molecule has 6 heteroatoms. The summed E-state index contributed by atoms with van der Waals surface area (Å²) in [6, 6.07) is 17.5. The average Bonchev–Trinajstić information content (AvgIpc) is 2.72. The van der Waals surface area contributed by atoms with Gasteiger partial charge in [-0.05, 0) is 44.7 Å². The summed E-state index contributed by atoms with van der Waals surface area (Å²) < 4.78 is 5.70. The van der Waals surface area contributed by atoms with Crippen molar-refractivity contribution in [1.82, 2.24) is 0 Å². The minimum absolute atomic E-state index is 0.0402. The van der Waals surface area contributed by atoms with Gasteiger partial charge in [0.05, 0.1) is 5.92 Å². The van der Waals surface area contributed by atoms with E-state index in [-0.39, 0.29) is 12.8 Å². The van der Waals surface area contributed by atoms with Crippen molar-refractivity contribution in [2.75, 3.05) is 0 Å². The number of carbonyl (C=O) groups is 3. The van der Waals surface area contributed by atoms with E-state index in [0.717, 1.165) is 0 Å². The molecule has 0 fully saturated rings. The van der Waals surface area contributed by atoms with E-state index in [0.29, 0.717) is 30.4 Å². The first-order valence-electron chi connectivity index (χ1n) is 10.9. The van der Waals surface area contributed by atoms with Crippen LogP contribution in [0.15, 0.2) is 60.7 Å². The molecule has 0 saturated carbocycles. The molecule has 0 aliphatic rings. The van der Waals surface area contributed by atoms with Crippen LogP contribution in [0.5, 0.6) is 0 Å². The van der Waals surface area contributed by atoms with Crippen molar-refractivity contribution in [1.29, 1.82) is 0 Å². The first-order chi connectivity index (χ1) is 15.1. The molecule has 0 bridgehead atoms. The maximum atomic E-state index is 13.4. The number of ether oxygens (including phenoxy) is 1. The van der Waals surface area contributed by atoms with Crippen molar-refractivity contribution in [3.05, 3.63) is 71.8 Å². The molecule has 1 unspecified atom stereocenters. The van der Waals surface area contributed by atoms with Crippen LogP contribution in [0.2, 0.25) is 0 Å². The van der Waals surface area contributed by atoms with Crippen LogP contribution in [-0.2, 0) is 24.5 Å². The molecule has 6 nitrogen and oxygen atoms in total. The standard InChI is InChI=1S/C26H32O6/c1-25(2,3)32-23(29)21(17-11-6-12-18-22(27)28)26(24(30)31,19-13-7-4-8-14-19)20-15-9-5-10-16-20/h4-5,7-10,13-16,21H,6,11-12,17-18H2,1-3H3,(H,27,28)(H,30,31). The highest BCUT2D eigenvalue weighted by molar-refractivity contribution is 5.93. The lowest BCUT2D eigenvalue weighted by Gasteiger charge is -2.38. The van der Waals surface area contributed by atoms with Gasteiger partial charge in [0.25, 0.3) is 0 Å².